The van der Waals surface area contributed by atoms with E-state index in [-0.39, 0.29) is 12.1 Å². The van der Waals surface area contributed by atoms with Crippen LogP contribution in [0.4, 0.5) is 10.5 Å². The van der Waals surface area contributed by atoms with Gasteiger partial charge in [0, 0.05) is 18.3 Å². The van der Waals surface area contributed by atoms with Gasteiger partial charge < -0.3 is 16.4 Å². The Morgan fingerprint density at radius 2 is 2.12 bits per heavy atom. The molecule has 94 valence electrons. The molecular weight excluding hydrogens is 261 g/mol. The van der Waals surface area contributed by atoms with Crippen molar-refractivity contribution in [2.24, 2.45) is 5.73 Å². The van der Waals surface area contributed by atoms with E-state index < -0.39 is 0 Å². The summed E-state index contributed by atoms with van der Waals surface area (Å²) in [5, 5.41) is 6.20. The van der Waals surface area contributed by atoms with Crippen molar-refractivity contribution in [1.82, 2.24) is 5.32 Å². The van der Waals surface area contributed by atoms with E-state index in [0.29, 0.717) is 22.3 Å². The zero-order valence-electron chi connectivity index (χ0n) is 9.47. The monoisotopic (exact) mass is 275 g/mol. The number of nitrogens with one attached hydrogen (secondary N) is 2. The Hall–Kier alpha value is -0.970. The van der Waals surface area contributed by atoms with Crippen molar-refractivity contribution < 1.29 is 4.79 Å². The fraction of sp³-hybridized carbons (Fsp3) is 0.364. The first-order chi connectivity index (χ1) is 7.99. The molecule has 17 heavy (non-hydrogen) atoms. The number of urea groups is 1. The van der Waals surface area contributed by atoms with Crippen LogP contribution in [0.15, 0.2) is 18.2 Å². The predicted octanol–water partition coefficient (Wildman–Crippen LogP) is 2.85. The van der Waals surface area contributed by atoms with Crippen molar-refractivity contribution >= 4 is 34.9 Å². The van der Waals surface area contributed by atoms with E-state index in [1.54, 1.807) is 18.2 Å². The summed E-state index contributed by atoms with van der Waals surface area (Å²) in [4.78, 5) is 11.5. The number of nitrogens with two attached hydrogens (primary N) is 1. The van der Waals surface area contributed by atoms with Crippen LogP contribution in [0.25, 0.3) is 0 Å². The lowest BCUT2D eigenvalue weighted by Crippen LogP contribution is -2.32. The van der Waals surface area contributed by atoms with Gasteiger partial charge >= 0.3 is 6.03 Å². The third-order valence-corrected chi connectivity index (χ3v) is 2.80. The Morgan fingerprint density at radius 1 is 1.41 bits per heavy atom. The topological polar surface area (TPSA) is 67.1 Å². The highest BCUT2D eigenvalue weighted by molar-refractivity contribution is 6.42. The summed E-state index contributed by atoms with van der Waals surface area (Å²) >= 11 is 11.6. The lowest BCUT2D eigenvalue weighted by molar-refractivity contribution is 0.252. The largest absolute Gasteiger partial charge is 0.338 e. The highest BCUT2D eigenvalue weighted by atomic mass is 35.5. The van der Waals surface area contributed by atoms with Crippen LogP contribution >= 0.6 is 23.2 Å². The second kappa shape index (κ2) is 6.69. The lowest BCUT2D eigenvalue weighted by Gasteiger charge is -2.09. The number of benzene rings is 1. The molecule has 0 saturated heterocycles. The molecule has 4 nitrogen and oxygen atoms in total. The smallest absolute Gasteiger partial charge is 0.319 e. The maximum Gasteiger partial charge on any atom is 0.319 e. The average Bonchev–Trinajstić information content (AvgIpc) is 2.23. The van der Waals surface area contributed by atoms with Crippen LogP contribution in [0.3, 0.4) is 0 Å². The minimum absolute atomic E-state index is 0.0697. The minimum Gasteiger partial charge on any atom is -0.338 e. The molecule has 1 unspecified atom stereocenters. The second-order valence-electron chi connectivity index (χ2n) is 3.78. The average molecular weight is 276 g/mol. The van der Waals surface area contributed by atoms with E-state index in [9.17, 15) is 4.79 Å². The minimum atomic E-state index is -0.288. The van der Waals surface area contributed by atoms with Gasteiger partial charge in [-0.05, 0) is 31.5 Å². The van der Waals surface area contributed by atoms with Crippen molar-refractivity contribution in [1.29, 1.82) is 0 Å². The van der Waals surface area contributed by atoms with Gasteiger partial charge in [0.2, 0.25) is 0 Å². The van der Waals surface area contributed by atoms with E-state index >= 15 is 0 Å². The van der Waals surface area contributed by atoms with Crippen LogP contribution in [0, 0.1) is 0 Å². The van der Waals surface area contributed by atoms with Gasteiger partial charge in [0.15, 0.2) is 0 Å². The Kier molecular flexibility index (Phi) is 5.55. The Balaban J connectivity index is 2.42. The zero-order chi connectivity index (χ0) is 12.8. The van der Waals surface area contributed by atoms with Crippen LogP contribution in [0.1, 0.15) is 13.3 Å². The van der Waals surface area contributed by atoms with Gasteiger partial charge in [-0.2, -0.15) is 0 Å². The molecule has 1 rings (SSSR count). The number of rotatable bonds is 4. The Bertz CT molecular complexity index is 396. The number of hydrogen-bond acceptors (Lipinski definition) is 2. The molecule has 0 bridgehead atoms. The summed E-state index contributed by atoms with van der Waals surface area (Å²) in [5.41, 5.74) is 6.16. The summed E-state index contributed by atoms with van der Waals surface area (Å²) in [6, 6.07) is 4.68. The molecule has 0 radical (unpaired) electrons. The molecule has 0 spiro atoms. The molecule has 0 aromatic heterocycles. The van der Waals surface area contributed by atoms with E-state index in [4.69, 9.17) is 28.9 Å². The van der Waals surface area contributed by atoms with Crippen LogP contribution < -0.4 is 16.4 Å². The van der Waals surface area contributed by atoms with Crippen LogP contribution in [-0.2, 0) is 0 Å². The molecule has 4 N–H and O–H groups in total. The van der Waals surface area contributed by atoms with Gasteiger partial charge in [-0.3, -0.25) is 0 Å². The highest BCUT2D eigenvalue weighted by Crippen LogP contribution is 2.24. The highest BCUT2D eigenvalue weighted by Gasteiger charge is 2.04. The van der Waals surface area contributed by atoms with Gasteiger partial charge in [-0.15, -0.1) is 0 Å². The number of halogens is 2. The molecule has 1 aromatic rings. The van der Waals surface area contributed by atoms with Crippen LogP contribution in [0.5, 0.6) is 0 Å². The van der Waals surface area contributed by atoms with E-state index in [2.05, 4.69) is 10.6 Å². The summed E-state index contributed by atoms with van der Waals surface area (Å²) in [7, 11) is 0. The second-order valence-corrected chi connectivity index (χ2v) is 4.59. The molecule has 1 aromatic carbocycles. The number of hydrogen-bond donors (Lipinski definition) is 3. The van der Waals surface area contributed by atoms with Crippen molar-refractivity contribution in [2.75, 3.05) is 11.9 Å². The maximum absolute atomic E-state index is 11.5. The molecule has 2 amide bonds. The number of amides is 2. The van der Waals surface area contributed by atoms with Crippen LogP contribution in [0.2, 0.25) is 10.0 Å². The predicted molar refractivity (Wildman–Crippen MR) is 71.7 cm³/mol. The van der Waals surface area contributed by atoms with Gasteiger partial charge in [0.1, 0.15) is 0 Å². The summed E-state index contributed by atoms with van der Waals surface area (Å²) < 4.78 is 0. The maximum atomic E-state index is 11.5. The SMILES string of the molecule is CC(N)CCNC(=O)Nc1ccc(Cl)c(Cl)c1. The number of anilines is 1. The third kappa shape index (κ3) is 5.26. The fourth-order valence-electron chi connectivity index (χ4n) is 1.16. The van der Waals surface area contributed by atoms with Gasteiger partial charge in [-0.1, -0.05) is 23.2 Å². The molecule has 6 heteroatoms. The van der Waals surface area contributed by atoms with Crippen molar-refractivity contribution in [2.45, 2.75) is 19.4 Å². The summed E-state index contributed by atoms with van der Waals surface area (Å²) in [6.45, 7) is 2.42. The molecular formula is C11H15Cl2N3O. The summed E-state index contributed by atoms with van der Waals surface area (Å²) in [5.74, 6) is 0. The molecule has 1 atom stereocenters. The van der Waals surface area contributed by atoms with E-state index in [1.165, 1.54) is 0 Å². The van der Waals surface area contributed by atoms with Crippen LogP contribution in [-0.4, -0.2) is 18.6 Å². The quantitative estimate of drug-likeness (QED) is 0.791. The van der Waals surface area contributed by atoms with Crippen molar-refractivity contribution in [3.8, 4) is 0 Å². The Morgan fingerprint density at radius 3 is 2.71 bits per heavy atom. The van der Waals surface area contributed by atoms with Gasteiger partial charge in [-0.25, -0.2) is 4.79 Å². The number of carbonyl (C=O) groups is 1. The molecule has 0 aliphatic heterocycles. The first-order valence-electron chi connectivity index (χ1n) is 5.24. The first kappa shape index (κ1) is 14.1. The van der Waals surface area contributed by atoms with E-state index in [0.717, 1.165) is 6.42 Å². The fourth-order valence-corrected chi connectivity index (χ4v) is 1.46. The molecule has 0 fully saturated rings. The standard InChI is InChI=1S/C11H15Cl2N3O/c1-7(14)4-5-15-11(17)16-8-2-3-9(12)10(13)6-8/h2-3,6-7H,4-5,14H2,1H3,(H2,15,16,17). The van der Waals surface area contributed by atoms with Gasteiger partial charge in [0.05, 0.1) is 10.0 Å². The van der Waals surface area contributed by atoms with Crippen molar-refractivity contribution in [3.63, 3.8) is 0 Å². The normalized spacial score (nSPS) is 12.0. The van der Waals surface area contributed by atoms with Gasteiger partial charge in [0.25, 0.3) is 0 Å². The lowest BCUT2D eigenvalue weighted by atomic mass is 10.2. The third-order valence-electron chi connectivity index (χ3n) is 2.06. The number of carbonyl (C=O) groups excluding carboxylic acids is 1. The van der Waals surface area contributed by atoms with Crippen molar-refractivity contribution in [3.05, 3.63) is 28.2 Å². The summed E-state index contributed by atoms with van der Waals surface area (Å²) in [6.07, 6.45) is 0.731. The molecule has 0 heterocycles. The molecule has 0 aliphatic carbocycles. The zero-order valence-corrected chi connectivity index (χ0v) is 11.0. The molecule has 0 aliphatic rings. The first-order valence-corrected chi connectivity index (χ1v) is 6.00. The molecule has 0 saturated carbocycles. The Labute approximate surface area is 110 Å². The van der Waals surface area contributed by atoms with E-state index in [1.807, 2.05) is 6.92 Å².